The minimum absolute atomic E-state index is 0.0150. The fourth-order valence-electron chi connectivity index (χ4n) is 2.88. The lowest BCUT2D eigenvalue weighted by Crippen LogP contribution is -2.37. The van der Waals surface area contributed by atoms with E-state index in [0.29, 0.717) is 30.3 Å². The van der Waals surface area contributed by atoms with Crippen molar-refractivity contribution in [3.63, 3.8) is 0 Å². The first-order valence-corrected chi connectivity index (χ1v) is 9.49. The van der Waals surface area contributed by atoms with Crippen LogP contribution in [0, 0.1) is 11.8 Å². The van der Waals surface area contributed by atoms with E-state index < -0.39 is 10.0 Å². The van der Waals surface area contributed by atoms with Crippen molar-refractivity contribution in [1.82, 2.24) is 0 Å². The van der Waals surface area contributed by atoms with Crippen LogP contribution < -0.4 is 9.62 Å². The molecule has 1 aliphatic carbocycles. The van der Waals surface area contributed by atoms with Crippen LogP contribution in [0.4, 0.5) is 11.4 Å². The van der Waals surface area contributed by atoms with E-state index in [9.17, 15) is 13.2 Å². The van der Waals surface area contributed by atoms with Crippen LogP contribution >= 0.6 is 0 Å². The minimum Gasteiger partial charge on any atom is -0.326 e. The molecule has 0 spiro atoms. The zero-order valence-electron chi connectivity index (χ0n) is 12.8. The Bertz CT molecular complexity index is 668. The molecule has 0 radical (unpaired) electrons. The molecule has 22 heavy (non-hydrogen) atoms. The van der Waals surface area contributed by atoms with Crippen LogP contribution in [0.15, 0.2) is 24.3 Å². The van der Waals surface area contributed by atoms with Gasteiger partial charge in [-0.15, -0.1) is 0 Å². The monoisotopic (exact) mass is 322 g/mol. The molecule has 1 N–H and O–H groups in total. The lowest BCUT2D eigenvalue weighted by atomic mass is 10.1. The molecule has 1 aromatic rings. The highest BCUT2D eigenvalue weighted by atomic mass is 32.2. The smallest absolute Gasteiger partial charge is 0.235 e. The van der Waals surface area contributed by atoms with Gasteiger partial charge in [-0.2, -0.15) is 0 Å². The number of hydrogen-bond donors (Lipinski definition) is 1. The summed E-state index contributed by atoms with van der Waals surface area (Å²) in [4.78, 5) is 12.2. The van der Waals surface area contributed by atoms with Crippen LogP contribution in [0.1, 0.15) is 32.6 Å². The van der Waals surface area contributed by atoms with Gasteiger partial charge in [0.25, 0.3) is 0 Å². The highest BCUT2D eigenvalue weighted by molar-refractivity contribution is 7.92. The molecule has 1 amide bonds. The topological polar surface area (TPSA) is 66.5 Å². The van der Waals surface area contributed by atoms with Crippen molar-refractivity contribution in [1.29, 1.82) is 0 Å². The third kappa shape index (κ3) is 3.27. The quantitative estimate of drug-likeness (QED) is 0.926. The first-order valence-electron chi connectivity index (χ1n) is 7.89. The van der Waals surface area contributed by atoms with Crippen molar-refractivity contribution in [2.24, 2.45) is 11.8 Å². The Morgan fingerprint density at radius 1 is 1.32 bits per heavy atom. The lowest BCUT2D eigenvalue weighted by Gasteiger charge is -2.28. The first-order chi connectivity index (χ1) is 10.5. The molecule has 3 rings (SSSR count). The van der Waals surface area contributed by atoms with Crippen LogP contribution in [0.25, 0.3) is 0 Å². The van der Waals surface area contributed by atoms with E-state index in [1.165, 1.54) is 4.31 Å². The predicted molar refractivity (Wildman–Crippen MR) is 87.3 cm³/mol. The van der Waals surface area contributed by atoms with Crippen LogP contribution in [-0.2, 0) is 14.8 Å². The number of carbonyl (C=O) groups is 1. The van der Waals surface area contributed by atoms with E-state index >= 15 is 0 Å². The van der Waals surface area contributed by atoms with Crippen LogP contribution in [-0.4, -0.2) is 26.6 Å². The molecule has 6 heteroatoms. The van der Waals surface area contributed by atoms with Crippen molar-refractivity contribution in [2.75, 3.05) is 21.9 Å². The standard InChI is InChI=1S/C16H22N2O3S/c1-12(13-7-8-13)16(19)17-14-5-4-6-15(11-14)18-9-2-3-10-22(18,20)21/h4-6,11-13H,2-3,7-10H2,1H3,(H,17,19). The Morgan fingerprint density at radius 3 is 2.77 bits per heavy atom. The molecule has 1 atom stereocenters. The van der Waals surface area contributed by atoms with E-state index in [4.69, 9.17) is 0 Å². The molecule has 1 heterocycles. The molecule has 5 nitrogen and oxygen atoms in total. The normalized spacial score (nSPS) is 22.1. The SMILES string of the molecule is CC(C(=O)Nc1cccc(N2CCCCS2(=O)=O)c1)C1CC1. The van der Waals surface area contributed by atoms with Crippen LogP contribution in [0.5, 0.6) is 0 Å². The number of benzene rings is 1. The molecular weight excluding hydrogens is 300 g/mol. The van der Waals surface area contributed by atoms with E-state index in [-0.39, 0.29) is 17.6 Å². The van der Waals surface area contributed by atoms with Gasteiger partial charge in [-0.1, -0.05) is 13.0 Å². The number of anilines is 2. The number of carbonyl (C=O) groups excluding carboxylic acids is 1. The highest BCUT2D eigenvalue weighted by Gasteiger charge is 2.32. The molecule has 1 saturated carbocycles. The number of rotatable bonds is 4. The largest absolute Gasteiger partial charge is 0.326 e. The Labute approximate surface area is 131 Å². The van der Waals surface area contributed by atoms with Gasteiger partial charge in [0, 0.05) is 18.2 Å². The minimum atomic E-state index is -3.22. The summed E-state index contributed by atoms with van der Waals surface area (Å²) in [7, 11) is -3.22. The first kappa shape index (κ1) is 15.3. The Morgan fingerprint density at radius 2 is 2.09 bits per heavy atom. The van der Waals surface area contributed by atoms with Gasteiger partial charge in [-0.05, 0) is 49.8 Å². The summed E-state index contributed by atoms with van der Waals surface area (Å²) in [6.07, 6.45) is 3.84. The third-order valence-electron chi connectivity index (χ3n) is 4.49. The summed E-state index contributed by atoms with van der Waals surface area (Å²) < 4.78 is 25.8. The maximum absolute atomic E-state index is 12.2. The molecule has 0 bridgehead atoms. The van der Waals surface area contributed by atoms with Gasteiger partial charge in [0.1, 0.15) is 0 Å². The summed E-state index contributed by atoms with van der Waals surface area (Å²) >= 11 is 0. The van der Waals surface area contributed by atoms with Crippen molar-refractivity contribution in [3.8, 4) is 0 Å². The summed E-state index contributed by atoms with van der Waals surface area (Å²) in [5, 5.41) is 2.91. The van der Waals surface area contributed by atoms with Crippen molar-refractivity contribution in [3.05, 3.63) is 24.3 Å². The maximum Gasteiger partial charge on any atom is 0.235 e. The highest BCUT2D eigenvalue weighted by Crippen LogP contribution is 2.37. The van der Waals surface area contributed by atoms with Gasteiger partial charge < -0.3 is 5.32 Å². The molecule has 1 aliphatic heterocycles. The Hall–Kier alpha value is -1.56. The van der Waals surface area contributed by atoms with Gasteiger partial charge >= 0.3 is 0 Å². The van der Waals surface area contributed by atoms with Crippen molar-refractivity contribution < 1.29 is 13.2 Å². The van der Waals surface area contributed by atoms with E-state index in [1.54, 1.807) is 24.3 Å². The van der Waals surface area contributed by atoms with Gasteiger partial charge in [-0.25, -0.2) is 8.42 Å². The number of nitrogens with zero attached hydrogens (tertiary/aromatic N) is 1. The second-order valence-corrected chi connectivity index (χ2v) is 8.27. The van der Waals surface area contributed by atoms with Crippen molar-refractivity contribution in [2.45, 2.75) is 32.6 Å². The van der Waals surface area contributed by atoms with E-state index in [2.05, 4.69) is 5.32 Å². The Kier molecular flexibility index (Phi) is 4.12. The zero-order valence-corrected chi connectivity index (χ0v) is 13.6. The summed E-state index contributed by atoms with van der Waals surface area (Å²) in [6.45, 7) is 2.46. The zero-order chi connectivity index (χ0) is 15.7. The molecule has 0 aromatic heterocycles. The van der Waals surface area contributed by atoms with Gasteiger partial charge in [0.05, 0.1) is 11.4 Å². The number of amides is 1. The van der Waals surface area contributed by atoms with Gasteiger partial charge in [0.15, 0.2) is 0 Å². The van der Waals surface area contributed by atoms with Crippen LogP contribution in [0.2, 0.25) is 0 Å². The van der Waals surface area contributed by atoms with Crippen molar-refractivity contribution >= 4 is 27.3 Å². The second kappa shape index (κ2) is 5.91. The predicted octanol–water partition coefficient (Wildman–Crippen LogP) is 2.60. The van der Waals surface area contributed by atoms with Crippen LogP contribution in [0.3, 0.4) is 0 Å². The molecule has 1 aromatic carbocycles. The average Bonchev–Trinajstić information content (AvgIpc) is 3.31. The molecule has 120 valence electrons. The number of sulfonamides is 1. The third-order valence-corrected chi connectivity index (χ3v) is 6.36. The van der Waals surface area contributed by atoms with Gasteiger partial charge in [-0.3, -0.25) is 9.10 Å². The summed E-state index contributed by atoms with van der Waals surface area (Å²) in [5.41, 5.74) is 1.30. The molecular formula is C16H22N2O3S. The number of nitrogens with one attached hydrogen (secondary N) is 1. The maximum atomic E-state index is 12.2. The summed E-state index contributed by atoms with van der Waals surface area (Å²) in [6, 6.07) is 7.12. The van der Waals surface area contributed by atoms with E-state index in [1.807, 2.05) is 6.92 Å². The molecule has 2 aliphatic rings. The number of hydrogen-bond acceptors (Lipinski definition) is 3. The Balaban J connectivity index is 1.76. The summed E-state index contributed by atoms with van der Waals surface area (Å²) in [5.74, 6) is 0.733. The van der Waals surface area contributed by atoms with Gasteiger partial charge in [0.2, 0.25) is 15.9 Å². The second-order valence-electron chi connectivity index (χ2n) is 6.26. The lowest BCUT2D eigenvalue weighted by molar-refractivity contribution is -0.119. The fourth-order valence-corrected chi connectivity index (χ4v) is 4.52. The molecule has 2 fully saturated rings. The van der Waals surface area contributed by atoms with E-state index in [0.717, 1.165) is 19.3 Å². The fraction of sp³-hybridized carbons (Fsp3) is 0.562. The average molecular weight is 322 g/mol. The molecule has 1 saturated heterocycles. The molecule has 1 unspecified atom stereocenters.